The quantitative estimate of drug-likeness (QED) is 0.813. The largest absolute Gasteiger partial charge is 0.506 e. The summed E-state index contributed by atoms with van der Waals surface area (Å²) in [5, 5.41) is 9.80. The Hall–Kier alpha value is -1.75. The minimum atomic E-state index is -0.286. The van der Waals surface area contributed by atoms with E-state index < -0.39 is 0 Å². The Morgan fingerprint density at radius 2 is 1.89 bits per heavy atom. The summed E-state index contributed by atoms with van der Waals surface area (Å²) in [6.45, 7) is 4.96. The summed E-state index contributed by atoms with van der Waals surface area (Å²) in [6.07, 6.45) is 0. The van der Waals surface area contributed by atoms with E-state index >= 15 is 0 Å². The molecule has 1 heterocycles. The molecule has 0 aliphatic carbocycles. The number of benzene rings is 1. The third-order valence-corrected chi connectivity index (χ3v) is 3.50. The number of phenolic OH excluding ortho intramolecular Hbond substituents is 1. The lowest BCUT2D eigenvalue weighted by Crippen LogP contribution is -2.53. The highest BCUT2D eigenvalue weighted by Crippen LogP contribution is 2.27. The van der Waals surface area contributed by atoms with Crippen molar-refractivity contribution in [2.75, 3.05) is 31.1 Å². The molecule has 5 nitrogen and oxygen atoms in total. The number of piperazine rings is 1. The predicted octanol–water partition coefficient (Wildman–Crippen LogP) is 0.388. The van der Waals surface area contributed by atoms with Gasteiger partial charge in [0.2, 0.25) is 5.91 Å². The van der Waals surface area contributed by atoms with E-state index in [1.165, 1.54) is 0 Å². The van der Waals surface area contributed by atoms with E-state index in [0.717, 1.165) is 31.9 Å². The molecule has 1 aromatic carbocycles. The minimum absolute atomic E-state index is 0.225. The van der Waals surface area contributed by atoms with E-state index in [1.807, 2.05) is 25.1 Å². The van der Waals surface area contributed by atoms with Crippen LogP contribution in [-0.2, 0) is 4.79 Å². The number of amides is 1. The zero-order valence-corrected chi connectivity index (χ0v) is 10.5. The lowest BCUT2D eigenvalue weighted by atomic mass is 10.2. The maximum atomic E-state index is 11.1. The molecule has 1 aliphatic rings. The number of para-hydroxylation sites is 2. The number of nitrogens with two attached hydrogens (primary N) is 1. The molecule has 0 unspecified atom stereocenters. The molecule has 1 atom stereocenters. The van der Waals surface area contributed by atoms with E-state index in [0.29, 0.717) is 5.75 Å². The van der Waals surface area contributed by atoms with E-state index in [1.54, 1.807) is 6.07 Å². The van der Waals surface area contributed by atoms with E-state index in [9.17, 15) is 9.90 Å². The average Bonchev–Trinajstić information content (AvgIpc) is 2.38. The minimum Gasteiger partial charge on any atom is -0.506 e. The first-order valence-electron chi connectivity index (χ1n) is 6.16. The molecule has 5 heteroatoms. The maximum absolute atomic E-state index is 11.1. The highest BCUT2D eigenvalue weighted by Gasteiger charge is 2.24. The molecule has 0 spiro atoms. The molecular formula is C13H19N3O2. The Bertz CT molecular complexity index is 428. The van der Waals surface area contributed by atoms with Crippen LogP contribution in [0.4, 0.5) is 5.69 Å². The highest BCUT2D eigenvalue weighted by molar-refractivity contribution is 5.79. The first kappa shape index (κ1) is 12.7. The second-order valence-electron chi connectivity index (χ2n) is 4.59. The Morgan fingerprint density at radius 1 is 1.28 bits per heavy atom. The van der Waals surface area contributed by atoms with Crippen LogP contribution >= 0.6 is 0 Å². The third kappa shape index (κ3) is 2.56. The Kier molecular flexibility index (Phi) is 3.72. The first-order valence-corrected chi connectivity index (χ1v) is 6.16. The summed E-state index contributed by atoms with van der Waals surface area (Å²) in [7, 11) is 0. The molecule has 2 rings (SSSR count). The summed E-state index contributed by atoms with van der Waals surface area (Å²) in [4.78, 5) is 15.3. The Labute approximate surface area is 107 Å². The smallest absolute Gasteiger partial charge is 0.234 e. The van der Waals surface area contributed by atoms with Crippen LogP contribution in [0.25, 0.3) is 0 Å². The van der Waals surface area contributed by atoms with Crippen molar-refractivity contribution in [3.8, 4) is 5.75 Å². The molecule has 0 saturated carbocycles. The van der Waals surface area contributed by atoms with Gasteiger partial charge in [-0.05, 0) is 19.1 Å². The third-order valence-electron chi connectivity index (χ3n) is 3.50. The standard InChI is InChI=1S/C13H19N3O2/c1-10(13(14)18)15-6-8-16(9-7-15)11-4-2-3-5-12(11)17/h2-5,10,17H,6-9H2,1H3,(H2,14,18)/t10-/m0/s1. The first-order chi connectivity index (χ1) is 8.59. The zero-order chi connectivity index (χ0) is 13.1. The van der Waals surface area contributed by atoms with Crippen LogP contribution in [0.1, 0.15) is 6.92 Å². The molecule has 1 amide bonds. The summed E-state index contributed by atoms with van der Waals surface area (Å²) < 4.78 is 0. The van der Waals surface area contributed by atoms with Gasteiger partial charge in [-0.25, -0.2) is 0 Å². The molecule has 18 heavy (non-hydrogen) atoms. The molecule has 1 saturated heterocycles. The van der Waals surface area contributed by atoms with Gasteiger partial charge in [0, 0.05) is 26.2 Å². The van der Waals surface area contributed by atoms with Crippen molar-refractivity contribution in [3.63, 3.8) is 0 Å². The van der Waals surface area contributed by atoms with Crippen molar-refractivity contribution in [3.05, 3.63) is 24.3 Å². The average molecular weight is 249 g/mol. The Balaban J connectivity index is 1.99. The van der Waals surface area contributed by atoms with Crippen molar-refractivity contribution in [1.29, 1.82) is 0 Å². The van der Waals surface area contributed by atoms with Gasteiger partial charge < -0.3 is 15.7 Å². The van der Waals surface area contributed by atoms with Gasteiger partial charge in [0.05, 0.1) is 11.7 Å². The van der Waals surface area contributed by atoms with Gasteiger partial charge >= 0.3 is 0 Å². The van der Waals surface area contributed by atoms with Crippen LogP contribution < -0.4 is 10.6 Å². The van der Waals surface area contributed by atoms with Crippen molar-refractivity contribution in [1.82, 2.24) is 4.90 Å². The van der Waals surface area contributed by atoms with Crippen molar-refractivity contribution >= 4 is 11.6 Å². The molecule has 0 aromatic heterocycles. The number of carbonyl (C=O) groups is 1. The SMILES string of the molecule is C[C@@H](C(N)=O)N1CCN(c2ccccc2O)CC1. The molecule has 0 radical (unpaired) electrons. The zero-order valence-electron chi connectivity index (χ0n) is 10.5. The number of anilines is 1. The predicted molar refractivity (Wildman–Crippen MR) is 70.5 cm³/mol. The molecule has 1 aliphatic heterocycles. The van der Waals surface area contributed by atoms with Crippen LogP contribution in [0.2, 0.25) is 0 Å². The second-order valence-corrected chi connectivity index (χ2v) is 4.59. The summed E-state index contributed by atoms with van der Waals surface area (Å²) in [5.74, 6) is 0.0138. The van der Waals surface area contributed by atoms with Gasteiger partial charge in [0.1, 0.15) is 5.75 Å². The van der Waals surface area contributed by atoms with Crippen molar-refractivity contribution in [2.45, 2.75) is 13.0 Å². The van der Waals surface area contributed by atoms with E-state index in [-0.39, 0.29) is 11.9 Å². The number of aromatic hydroxyl groups is 1. The maximum Gasteiger partial charge on any atom is 0.234 e. The molecule has 1 aromatic rings. The van der Waals surface area contributed by atoms with Crippen LogP contribution in [0.5, 0.6) is 5.75 Å². The van der Waals surface area contributed by atoms with Crippen LogP contribution in [0.15, 0.2) is 24.3 Å². The van der Waals surface area contributed by atoms with Gasteiger partial charge in [0.15, 0.2) is 0 Å². The number of hydrogen-bond donors (Lipinski definition) is 2. The number of primary amides is 1. The fraction of sp³-hybridized carbons (Fsp3) is 0.462. The Morgan fingerprint density at radius 3 is 2.44 bits per heavy atom. The van der Waals surface area contributed by atoms with Gasteiger partial charge in [-0.3, -0.25) is 9.69 Å². The number of rotatable bonds is 3. The fourth-order valence-electron chi connectivity index (χ4n) is 2.26. The molecule has 1 fully saturated rings. The highest BCUT2D eigenvalue weighted by atomic mass is 16.3. The lowest BCUT2D eigenvalue weighted by Gasteiger charge is -2.38. The summed E-state index contributed by atoms with van der Waals surface area (Å²) in [6, 6.07) is 7.09. The second kappa shape index (κ2) is 5.27. The molecular weight excluding hydrogens is 230 g/mol. The van der Waals surface area contributed by atoms with E-state index in [2.05, 4.69) is 9.80 Å². The van der Waals surface area contributed by atoms with E-state index in [4.69, 9.17) is 5.73 Å². The summed E-state index contributed by atoms with van der Waals surface area (Å²) >= 11 is 0. The van der Waals surface area contributed by atoms with Gasteiger partial charge in [-0.1, -0.05) is 12.1 Å². The van der Waals surface area contributed by atoms with Gasteiger partial charge in [-0.2, -0.15) is 0 Å². The molecule has 0 bridgehead atoms. The fourth-order valence-corrected chi connectivity index (χ4v) is 2.26. The number of hydrogen-bond acceptors (Lipinski definition) is 4. The van der Waals surface area contributed by atoms with Crippen molar-refractivity contribution < 1.29 is 9.90 Å². The van der Waals surface area contributed by atoms with Crippen LogP contribution in [0.3, 0.4) is 0 Å². The van der Waals surface area contributed by atoms with Crippen LogP contribution in [-0.4, -0.2) is 48.1 Å². The lowest BCUT2D eigenvalue weighted by molar-refractivity contribution is -0.122. The molecule has 3 N–H and O–H groups in total. The van der Waals surface area contributed by atoms with Gasteiger partial charge in [-0.15, -0.1) is 0 Å². The topological polar surface area (TPSA) is 69.8 Å². The van der Waals surface area contributed by atoms with Gasteiger partial charge in [0.25, 0.3) is 0 Å². The normalized spacial score (nSPS) is 18.6. The van der Waals surface area contributed by atoms with Crippen molar-refractivity contribution in [2.24, 2.45) is 5.73 Å². The molecule has 98 valence electrons. The number of phenols is 1. The number of carbonyl (C=O) groups excluding carboxylic acids is 1. The number of nitrogens with zero attached hydrogens (tertiary/aromatic N) is 2. The summed E-state index contributed by atoms with van der Waals surface area (Å²) in [5.41, 5.74) is 6.15. The van der Waals surface area contributed by atoms with Crippen LogP contribution in [0, 0.1) is 0 Å². The monoisotopic (exact) mass is 249 g/mol.